The van der Waals surface area contributed by atoms with Crippen LogP contribution in [0.25, 0.3) is 0 Å². The maximum atomic E-state index is 10.2. The second-order valence-electron chi connectivity index (χ2n) is 4.49. The summed E-state index contributed by atoms with van der Waals surface area (Å²) in [6.07, 6.45) is 4.36. The number of rotatable bonds is 6. The molecule has 0 aliphatic carbocycles. The Morgan fingerprint density at radius 1 is 1.04 bits per heavy atom. The van der Waals surface area contributed by atoms with E-state index in [-0.39, 0.29) is 10.6 Å². The third-order valence-electron chi connectivity index (χ3n) is 2.84. The summed E-state index contributed by atoms with van der Waals surface area (Å²) in [4.78, 5) is 25.6. The first-order valence-electron chi connectivity index (χ1n) is 7.32. The van der Waals surface area contributed by atoms with Gasteiger partial charge in [0.05, 0.1) is 30.9 Å². The zero-order valence-corrected chi connectivity index (χ0v) is 15.5. The summed E-state index contributed by atoms with van der Waals surface area (Å²) in [5, 5.41) is 8.80. The van der Waals surface area contributed by atoms with E-state index in [1.807, 2.05) is 13.8 Å². The van der Waals surface area contributed by atoms with E-state index in [4.69, 9.17) is 37.8 Å². The number of aryl methyl sites for hydroxylation is 2. The molecule has 0 atom stereocenters. The topological polar surface area (TPSA) is 107 Å². The molecule has 0 fully saturated rings. The molecule has 0 amide bonds. The molecule has 0 aliphatic heterocycles. The van der Waals surface area contributed by atoms with Crippen LogP contribution in [0.4, 0.5) is 0 Å². The molecule has 0 saturated heterocycles. The maximum absolute atomic E-state index is 10.2. The molecule has 10 heteroatoms. The van der Waals surface area contributed by atoms with Crippen LogP contribution < -0.4 is 9.47 Å². The molecule has 136 valence electrons. The van der Waals surface area contributed by atoms with E-state index in [2.05, 4.69) is 19.9 Å². The molecule has 1 N–H and O–H groups in total. The summed E-state index contributed by atoms with van der Waals surface area (Å²) in [6.45, 7) is 3.45. The first kappa shape index (κ1) is 20.9. The standard InChI is InChI=1S/C8H9ClN2O3.C7H9ClN2O/c1-2-5-6(14-4-7(12)13)3-10-8(9)11-5;1-3-5-6(11-2)4-9-7(8)10-5/h3H,2,4H2,1H3,(H,12,13);4H,3H2,1-2H3. The lowest BCUT2D eigenvalue weighted by molar-refractivity contribution is -0.139. The molecule has 0 unspecified atom stereocenters. The van der Waals surface area contributed by atoms with Crippen LogP contribution in [0.2, 0.25) is 10.6 Å². The minimum atomic E-state index is -1.04. The van der Waals surface area contributed by atoms with E-state index in [1.165, 1.54) is 6.20 Å². The van der Waals surface area contributed by atoms with Crippen molar-refractivity contribution in [3.63, 3.8) is 0 Å². The van der Waals surface area contributed by atoms with Gasteiger partial charge in [-0.25, -0.2) is 24.7 Å². The minimum absolute atomic E-state index is 0.129. The number of ether oxygens (including phenoxy) is 2. The number of methoxy groups -OCH3 is 1. The van der Waals surface area contributed by atoms with Crippen LogP contribution in [0.1, 0.15) is 25.2 Å². The number of nitrogens with zero attached hydrogens (tertiary/aromatic N) is 4. The van der Waals surface area contributed by atoms with Gasteiger partial charge in [-0.15, -0.1) is 0 Å². The van der Waals surface area contributed by atoms with Crippen LogP contribution in [0.3, 0.4) is 0 Å². The van der Waals surface area contributed by atoms with Crippen LogP contribution in [-0.4, -0.2) is 44.7 Å². The highest BCUT2D eigenvalue weighted by atomic mass is 35.5. The molecule has 0 spiro atoms. The van der Waals surface area contributed by atoms with Crippen LogP contribution in [-0.2, 0) is 17.6 Å². The molecule has 0 saturated carbocycles. The first-order valence-corrected chi connectivity index (χ1v) is 8.08. The van der Waals surface area contributed by atoms with Gasteiger partial charge >= 0.3 is 5.97 Å². The fraction of sp³-hybridized carbons (Fsp3) is 0.400. The predicted octanol–water partition coefficient (Wildman–Crippen LogP) is 2.86. The van der Waals surface area contributed by atoms with Crippen molar-refractivity contribution in [3.05, 3.63) is 34.3 Å². The lowest BCUT2D eigenvalue weighted by atomic mass is 10.3. The number of halogens is 2. The van der Waals surface area contributed by atoms with Crippen molar-refractivity contribution in [3.8, 4) is 11.5 Å². The van der Waals surface area contributed by atoms with Crippen LogP contribution in [0.15, 0.2) is 12.4 Å². The van der Waals surface area contributed by atoms with Crippen molar-refractivity contribution in [2.45, 2.75) is 26.7 Å². The Morgan fingerprint density at radius 3 is 1.96 bits per heavy atom. The van der Waals surface area contributed by atoms with E-state index < -0.39 is 12.6 Å². The summed E-state index contributed by atoms with van der Waals surface area (Å²) in [5.41, 5.74) is 1.44. The Labute approximate surface area is 155 Å². The highest BCUT2D eigenvalue weighted by molar-refractivity contribution is 6.28. The van der Waals surface area contributed by atoms with Crippen LogP contribution in [0.5, 0.6) is 11.5 Å². The monoisotopic (exact) mass is 388 g/mol. The third-order valence-corrected chi connectivity index (χ3v) is 3.21. The summed E-state index contributed by atoms with van der Waals surface area (Å²) < 4.78 is 9.97. The minimum Gasteiger partial charge on any atom is -0.493 e. The second-order valence-corrected chi connectivity index (χ2v) is 5.17. The maximum Gasteiger partial charge on any atom is 0.341 e. The van der Waals surface area contributed by atoms with E-state index in [1.54, 1.807) is 13.3 Å². The van der Waals surface area contributed by atoms with Crippen LogP contribution >= 0.6 is 23.2 Å². The average Bonchev–Trinajstić information content (AvgIpc) is 2.60. The Hall–Kier alpha value is -2.19. The van der Waals surface area contributed by atoms with Gasteiger partial charge in [-0.2, -0.15) is 0 Å². The Morgan fingerprint density at radius 2 is 1.52 bits per heavy atom. The first-order chi connectivity index (χ1) is 11.9. The summed E-state index contributed by atoms with van der Waals surface area (Å²) in [6, 6.07) is 0. The average molecular weight is 389 g/mol. The third kappa shape index (κ3) is 7.06. The van der Waals surface area contributed by atoms with Gasteiger partial charge in [0, 0.05) is 0 Å². The molecule has 2 heterocycles. The fourth-order valence-electron chi connectivity index (χ4n) is 1.70. The Bertz CT molecular complexity index is 716. The highest BCUT2D eigenvalue weighted by Gasteiger charge is 2.07. The zero-order chi connectivity index (χ0) is 18.8. The summed E-state index contributed by atoms with van der Waals surface area (Å²) >= 11 is 11.1. The number of carboxylic acid groups (broad SMARTS) is 1. The molecule has 0 aliphatic rings. The molecule has 0 radical (unpaired) electrons. The van der Waals surface area contributed by atoms with Crippen LogP contribution in [0, 0.1) is 0 Å². The molecule has 2 rings (SSSR count). The van der Waals surface area contributed by atoms with Crippen molar-refractivity contribution >= 4 is 29.2 Å². The predicted molar refractivity (Wildman–Crippen MR) is 92.5 cm³/mol. The Kier molecular flexibility index (Phi) is 8.87. The number of aliphatic carboxylic acids is 1. The van der Waals surface area contributed by atoms with Crippen molar-refractivity contribution in [2.24, 2.45) is 0 Å². The quantitative estimate of drug-likeness (QED) is 0.752. The number of hydrogen-bond acceptors (Lipinski definition) is 7. The summed E-state index contributed by atoms with van der Waals surface area (Å²) in [5.74, 6) is 0.0122. The molecule has 25 heavy (non-hydrogen) atoms. The van der Waals surface area contributed by atoms with E-state index in [9.17, 15) is 4.79 Å². The molecule has 2 aromatic rings. The van der Waals surface area contributed by atoms with Crippen molar-refractivity contribution < 1.29 is 19.4 Å². The molecule has 2 aromatic heterocycles. The van der Waals surface area contributed by atoms with Gasteiger partial charge in [-0.1, -0.05) is 13.8 Å². The smallest absolute Gasteiger partial charge is 0.341 e. The van der Waals surface area contributed by atoms with Gasteiger partial charge in [-0.05, 0) is 36.0 Å². The number of hydrogen-bond donors (Lipinski definition) is 1. The van der Waals surface area contributed by atoms with Gasteiger partial charge in [0.2, 0.25) is 10.6 Å². The normalized spacial score (nSPS) is 9.80. The highest BCUT2D eigenvalue weighted by Crippen LogP contribution is 2.17. The van der Waals surface area contributed by atoms with E-state index >= 15 is 0 Å². The second kappa shape index (κ2) is 10.6. The SMILES string of the molecule is CCc1nc(Cl)ncc1OC.CCc1nc(Cl)ncc1OCC(=O)O. The summed E-state index contributed by atoms with van der Waals surface area (Å²) in [7, 11) is 1.59. The number of carboxylic acids is 1. The van der Waals surface area contributed by atoms with Crippen molar-refractivity contribution in [1.82, 2.24) is 19.9 Å². The van der Waals surface area contributed by atoms with Crippen molar-refractivity contribution in [1.29, 1.82) is 0 Å². The molecule has 0 aromatic carbocycles. The molecule has 0 bridgehead atoms. The van der Waals surface area contributed by atoms with Gasteiger partial charge in [-0.3, -0.25) is 0 Å². The van der Waals surface area contributed by atoms with Gasteiger partial charge in [0.15, 0.2) is 18.1 Å². The number of aromatic nitrogens is 4. The number of carbonyl (C=O) groups is 1. The lowest BCUT2D eigenvalue weighted by Crippen LogP contribution is -2.11. The Balaban J connectivity index is 0.000000257. The molecular formula is C15H18Cl2N4O4. The van der Waals surface area contributed by atoms with E-state index in [0.717, 1.165) is 12.1 Å². The van der Waals surface area contributed by atoms with Gasteiger partial charge < -0.3 is 14.6 Å². The zero-order valence-electron chi connectivity index (χ0n) is 14.0. The lowest BCUT2D eigenvalue weighted by Gasteiger charge is -2.06. The molecular weight excluding hydrogens is 371 g/mol. The van der Waals surface area contributed by atoms with Gasteiger partial charge in [0.25, 0.3) is 0 Å². The fourth-order valence-corrected chi connectivity index (χ4v) is 2.00. The largest absolute Gasteiger partial charge is 0.493 e. The van der Waals surface area contributed by atoms with Gasteiger partial charge in [0.1, 0.15) is 0 Å². The van der Waals surface area contributed by atoms with Crippen molar-refractivity contribution in [2.75, 3.05) is 13.7 Å². The van der Waals surface area contributed by atoms with E-state index in [0.29, 0.717) is 23.6 Å². The molecule has 8 nitrogen and oxygen atoms in total.